The Morgan fingerprint density at radius 2 is 1.72 bits per heavy atom. The summed E-state index contributed by atoms with van der Waals surface area (Å²) in [6.45, 7) is 0. The molecule has 0 radical (unpaired) electrons. The van der Waals surface area contributed by atoms with Gasteiger partial charge in [-0.2, -0.15) is 0 Å². The van der Waals surface area contributed by atoms with Gasteiger partial charge in [-0.25, -0.2) is 17.8 Å². The fourth-order valence-corrected chi connectivity index (χ4v) is 4.64. The highest BCUT2D eigenvalue weighted by atomic mass is 35.5. The molecule has 4 nitrogen and oxygen atoms in total. The first kappa shape index (κ1) is 13.7. The molecule has 0 amide bonds. The fourth-order valence-electron chi connectivity index (χ4n) is 1.23. The van der Waals surface area contributed by atoms with Crippen LogP contribution in [-0.2, 0) is 20.8 Å². The third kappa shape index (κ3) is 2.99. The summed E-state index contributed by atoms with van der Waals surface area (Å²) in [5.41, 5.74) is 0. The van der Waals surface area contributed by atoms with Crippen molar-refractivity contribution >= 4 is 43.8 Å². The normalized spacial score (nSPS) is 13.4. The Kier molecular flexibility index (Phi) is 3.88. The van der Waals surface area contributed by atoms with Gasteiger partial charge in [-0.05, 0) is 36.4 Å². The van der Waals surface area contributed by atoms with Crippen LogP contribution >= 0.6 is 22.9 Å². The first-order valence-electron chi connectivity index (χ1n) is 4.68. The lowest BCUT2D eigenvalue weighted by molar-refractivity contribution is 0.600. The van der Waals surface area contributed by atoms with Gasteiger partial charge in [0.15, 0.2) is 0 Å². The van der Waals surface area contributed by atoms with Gasteiger partial charge in [0, 0.05) is 9.92 Å². The van der Waals surface area contributed by atoms with Crippen LogP contribution in [0.2, 0.25) is 5.02 Å². The maximum Gasteiger partial charge on any atom is 0.247 e. The largest absolute Gasteiger partial charge is 0.248 e. The van der Waals surface area contributed by atoms with Gasteiger partial charge in [0.1, 0.15) is 4.21 Å². The number of nitrogens with two attached hydrogens (primary N) is 1. The van der Waals surface area contributed by atoms with E-state index < -0.39 is 20.8 Å². The number of benzene rings is 1. The lowest BCUT2D eigenvalue weighted by Gasteiger charge is -1.98. The zero-order valence-electron chi connectivity index (χ0n) is 8.87. The lowest BCUT2D eigenvalue weighted by atomic mass is 10.4. The molecule has 2 N–H and O–H groups in total. The van der Waals surface area contributed by atoms with Crippen LogP contribution in [-0.4, -0.2) is 12.6 Å². The molecule has 0 aliphatic rings. The minimum absolute atomic E-state index is 0.000173. The third-order valence-electron chi connectivity index (χ3n) is 2.05. The minimum atomic E-state index is -3.74. The number of rotatable bonds is 3. The van der Waals surface area contributed by atoms with Gasteiger partial charge in [0.2, 0.25) is 10.0 Å². The van der Waals surface area contributed by atoms with Crippen molar-refractivity contribution in [3.63, 3.8) is 0 Å². The van der Waals surface area contributed by atoms with E-state index in [9.17, 15) is 12.6 Å². The summed E-state index contributed by atoms with van der Waals surface area (Å²) in [5.74, 6) is 0. The predicted molar refractivity (Wildman–Crippen MR) is 71.8 cm³/mol. The summed E-state index contributed by atoms with van der Waals surface area (Å²) in [6.07, 6.45) is 0. The van der Waals surface area contributed by atoms with E-state index in [1.165, 1.54) is 12.1 Å². The van der Waals surface area contributed by atoms with Crippen molar-refractivity contribution in [1.29, 1.82) is 0 Å². The highest BCUT2D eigenvalue weighted by Gasteiger charge is 2.15. The quantitative estimate of drug-likeness (QED) is 0.941. The average molecular weight is 322 g/mol. The van der Waals surface area contributed by atoms with Crippen LogP contribution < -0.4 is 5.14 Å². The first-order chi connectivity index (χ1) is 8.38. The van der Waals surface area contributed by atoms with Crippen LogP contribution in [0.25, 0.3) is 0 Å². The van der Waals surface area contributed by atoms with Crippen LogP contribution in [0.5, 0.6) is 0 Å². The van der Waals surface area contributed by atoms with E-state index in [4.69, 9.17) is 16.7 Å². The van der Waals surface area contributed by atoms with E-state index in [1.54, 1.807) is 24.3 Å². The molecule has 96 valence electrons. The summed E-state index contributed by atoms with van der Waals surface area (Å²) in [6, 6.07) is 9.37. The Balaban J connectivity index is 2.35. The summed E-state index contributed by atoms with van der Waals surface area (Å²) >= 11 is 6.63. The number of hydrogen-bond donors (Lipinski definition) is 1. The maximum atomic E-state index is 12.1. The summed E-state index contributed by atoms with van der Waals surface area (Å²) in [4.78, 5) is 0.558. The molecule has 1 atom stereocenters. The molecule has 2 aromatic rings. The number of hydrogen-bond acceptors (Lipinski definition) is 4. The van der Waals surface area contributed by atoms with Gasteiger partial charge in [0.05, 0.1) is 15.0 Å². The second-order valence-electron chi connectivity index (χ2n) is 3.34. The Bertz CT molecular complexity index is 691. The van der Waals surface area contributed by atoms with E-state index in [1.807, 2.05) is 0 Å². The second kappa shape index (κ2) is 5.10. The van der Waals surface area contributed by atoms with Crippen LogP contribution in [0, 0.1) is 0 Å². The van der Waals surface area contributed by atoms with Crippen LogP contribution in [0.3, 0.4) is 0 Å². The van der Waals surface area contributed by atoms with Crippen molar-refractivity contribution in [2.45, 2.75) is 13.3 Å². The molecule has 0 saturated carbocycles. The fraction of sp³-hybridized carbons (Fsp3) is 0. The van der Waals surface area contributed by atoms with Gasteiger partial charge < -0.3 is 0 Å². The molecule has 0 bridgehead atoms. The SMILES string of the molecule is NS(=O)(=O)c1ccc([S@@](=O)c2ccc(Cl)cc2)s1. The smallest absolute Gasteiger partial charge is 0.247 e. The first-order valence-corrected chi connectivity index (χ1v) is 8.57. The van der Waals surface area contributed by atoms with Crippen molar-refractivity contribution in [2.75, 3.05) is 0 Å². The monoisotopic (exact) mass is 321 g/mol. The van der Waals surface area contributed by atoms with Gasteiger partial charge in [-0.3, -0.25) is 0 Å². The second-order valence-corrected chi connectivity index (χ2v) is 8.36. The number of thiophene rings is 1. The molecule has 0 spiro atoms. The number of halogens is 1. The molecule has 0 saturated heterocycles. The minimum Gasteiger partial charge on any atom is -0.248 e. The van der Waals surface area contributed by atoms with Gasteiger partial charge >= 0.3 is 0 Å². The van der Waals surface area contributed by atoms with Crippen molar-refractivity contribution in [3.8, 4) is 0 Å². The molecule has 1 heterocycles. The third-order valence-corrected chi connectivity index (χ3v) is 6.52. The molecule has 0 aliphatic carbocycles. The zero-order valence-corrected chi connectivity index (χ0v) is 12.1. The van der Waals surface area contributed by atoms with Gasteiger partial charge in [-0.1, -0.05) is 11.6 Å². The van der Waals surface area contributed by atoms with Crippen LogP contribution in [0.15, 0.2) is 49.7 Å². The van der Waals surface area contributed by atoms with Crippen LogP contribution in [0.4, 0.5) is 0 Å². The molecule has 0 unspecified atom stereocenters. The van der Waals surface area contributed by atoms with E-state index in [-0.39, 0.29) is 4.21 Å². The topological polar surface area (TPSA) is 77.2 Å². The molecule has 0 aliphatic heterocycles. The maximum absolute atomic E-state index is 12.1. The number of primary sulfonamides is 1. The van der Waals surface area contributed by atoms with Crippen molar-refractivity contribution in [3.05, 3.63) is 41.4 Å². The highest BCUT2D eigenvalue weighted by Crippen LogP contribution is 2.27. The molecule has 1 aromatic carbocycles. The zero-order chi connectivity index (χ0) is 13.3. The summed E-state index contributed by atoms with van der Waals surface area (Å²) in [7, 11) is -5.17. The Morgan fingerprint density at radius 3 is 2.22 bits per heavy atom. The van der Waals surface area contributed by atoms with Gasteiger partial charge in [0.25, 0.3) is 0 Å². The van der Waals surface area contributed by atoms with Crippen molar-refractivity contribution < 1.29 is 12.6 Å². The van der Waals surface area contributed by atoms with Crippen molar-refractivity contribution in [1.82, 2.24) is 0 Å². The average Bonchev–Trinajstić information content (AvgIpc) is 2.78. The Labute approximate surface area is 116 Å². The highest BCUT2D eigenvalue weighted by molar-refractivity contribution is 7.92. The van der Waals surface area contributed by atoms with E-state index in [0.29, 0.717) is 14.1 Å². The number of sulfonamides is 1. The standard InChI is InChI=1S/C10H8ClNO3S3/c11-7-1-3-8(4-2-7)17(13)9-5-6-10(16-9)18(12,14)15/h1-6H,(H2,12,14,15)/t17-/m0/s1. The molecular weight excluding hydrogens is 314 g/mol. The van der Waals surface area contributed by atoms with Crippen LogP contribution in [0.1, 0.15) is 0 Å². The molecule has 1 aromatic heterocycles. The van der Waals surface area contributed by atoms with E-state index in [0.717, 1.165) is 11.3 Å². The predicted octanol–water partition coefficient (Wildman–Crippen LogP) is 2.22. The Hall–Kier alpha value is -0.730. The molecular formula is C10H8ClNO3S3. The summed E-state index contributed by atoms with van der Waals surface area (Å²) in [5, 5.41) is 5.54. The van der Waals surface area contributed by atoms with E-state index >= 15 is 0 Å². The molecule has 18 heavy (non-hydrogen) atoms. The van der Waals surface area contributed by atoms with E-state index in [2.05, 4.69) is 0 Å². The Morgan fingerprint density at radius 1 is 1.11 bits per heavy atom. The van der Waals surface area contributed by atoms with Gasteiger partial charge in [-0.15, -0.1) is 11.3 Å². The molecule has 2 rings (SSSR count). The molecule has 0 fully saturated rings. The van der Waals surface area contributed by atoms with Crippen molar-refractivity contribution in [2.24, 2.45) is 5.14 Å². The lowest BCUT2D eigenvalue weighted by Crippen LogP contribution is -2.09. The molecule has 8 heteroatoms. The summed E-state index contributed by atoms with van der Waals surface area (Å²) < 4.78 is 34.8.